The number of fused-ring (bicyclic) bond motifs is 2. The second kappa shape index (κ2) is 6.65. The number of piperidine rings is 1. The Morgan fingerprint density at radius 2 is 2.03 bits per heavy atom. The van der Waals surface area contributed by atoms with Crippen LogP contribution >= 0.6 is 0 Å². The quantitative estimate of drug-likeness (QED) is 0.640. The Hall–Kier alpha value is -3.75. The van der Waals surface area contributed by atoms with Gasteiger partial charge in [0.05, 0.1) is 17.5 Å². The van der Waals surface area contributed by atoms with Gasteiger partial charge in [0.25, 0.3) is 5.91 Å². The highest BCUT2D eigenvalue weighted by Gasteiger charge is 2.39. The van der Waals surface area contributed by atoms with Gasteiger partial charge in [-0.2, -0.15) is 0 Å². The third-order valence-corrected chi connectivity index (χ3v) is 5.77. The summed E-state index contributed by atoms with van der Waals surface area (Å²) in [7, 11) is 3.73. The maximum absolute atomic E-state index is 12.9. The van der Waals surface area contributed by atoms with E-state index in [9.17, 15) is 14.4 Å². The van der Waals surface area contributed by atoms with E-state index in [0.717, 1.165) is 27.9 Å². The molecule has 0 spiro atoms. The van der Waals surface area contributed by atoms with Crippen LogP contribution < -0.4 is 10.6 Å². The third-order valence-electron chi connectivity index (χ3n) is 5.77. The number of imidazole rings is 1. The molecule has 3 aromatic rings. The van der Waals surface area contributed by atoms with E-state index >= 15 is 0 Å². The minimum Gasteiger partial charge on any atom is -0.371 e. The highest BCUT2D eigenvalue weighted by Crippen LogP contribution is 2.32. The van der Waals surface area contributed by atoms with Crippen molar-refractivity contribution in [3.63, 3.8) is 0 Å². The number of nitrogens with one attached hydrogen (secondary N) is 2. The van der Waals surface area contributed by atoms with Gasteiger partial charge in [-0.05, 0) is 30.2 Å². The van der Waals surface area contributed by atoms with E-state index < -0.39 is 11.9 Å². The maximum Gasteiger partial charge on any atom is 0.255 e. The molecule has 1 aromatic carbocycles. The van der Waals surface area contributed by atoms with Gasteiger partial charge in [-0.15, -0.1) is 0 Å². The molecular formula is C21H20N6O3. The fraction of sp³-hybridized carbons (Fsp3) is 0.286. The first kappa shape index (κ1) is 18.3. The molecule has 3 amide bonds. The van der Waals surface area contributed by atoms with Gasteiger partial charge in [0.1, 0.15) is 11.6 Å². The standard InChI is InChI=1S/C21H20N6O3/c1-22-19-18-16(26(2)10-23-18)8-14(24-19)11-3-4-13-12(7-11)9-27(21(13)30)15-5-6-17(28)25-20(15)29/h3-4,7-8,10,15H,5-6,9H2,1-2H3,(H,22,24)(H,25,28,29). The first-order valence-corrected chi connectivity index (χ1v) is 9.74. The van der Waals surface area contributed by atoms with Crippen molar-refractivity contribution in [3.05, 3.63) is 41.7 Å². The van der Waals surface area contributed by atoms with Crippen molar-refractivity contribution in [2.24, 2.45) is 7.05 Å². The summed E-state index contributed by atoms with van der Waals surface area (Å²) in [5.41, 5.74) is 4.82. The number of aryl methyl sites for hydroxylation is 1. The molecule has 0 radical (unpaired) electrons. The number of benzene rings is 1. The van der Waals surface area contributed by atoms with Crippen LogP contribution in [-0.4, -0.2) is 50.2 Å². The van der Waals surface area contributed by atoms with E-state index in [-0.39, 0.29) is 18.2 Å². The zero-order valence-electron chi connectivity index (χ0n) is 16.6. The number of nitrogens with zero attached hydrogens (tertiary/aromatic N) is 4. The van der Waals surface area contributed by atoms with Crippen LogP contribution in [0.25, 0.3) is 22.3 Å². The number of imide groups is 1. The minimum absolute atomic E-state index is 0.183. The Balaban J connectivity index is 1.50. The summed E-state index contributed by atoms with van der Waals surface area (Å²) in [4.78, 5) is 47.2. The number of hydrogen-bond donors (Lipinski definition) is 2. The summed E-state index contributed by atoms with van der Waals surface area (Å²) >= 11 is 0. The molecule has 1 fully saturated rings. The number of hydrogen-bond acceptors (Lipinski definition) is 6. The molecule has 2 aromatic heterocycles. The maximum atomic E-state index is 12.9. The molecule has 1 atom stereocenters. The highest BCUT2D eigenvalue weighted by molar-refractivity contribution is 6.05. The molecule has 0 bridgehead atoms. The second-order valence-corrected chi connectivity index (χ2v) is 7.60. The summed E-state index contributed by atoms with van der Waals surface area (Å²) in [5.74, 6) is -0.198. The molecule has 152 valence electrons. The van der Waals surface area contributed by atoms with E-state index in [0.29, 0.717) is 24.3 Å². The van der Waals surface area contributed by atoms with E-state index in [1.54, 1.807) is 24.3 Å². The Labute approximate surface area is 172 Å². The fourth-order valence-corrected chi connectivity index (χ4v) is 4.18. The van der Waals surface area contributed by atoms with Crippen molar-refractivity contribution in [1.82, 2.24) is 24.8 Å². The highest BCUT2D eigenvalue weighted by atomic mass is 16.2. The Bertz CT molecular complexity index is 1230. The molecule has 2 aliphatic heterocycles. The number of amides is 3. The number of rotatable bonds is 3. The molecule has 0 aliphatic carbocycles. The van der Waals surface area contributed by atoms with Gasteiger partial charge in [0, 0.05) is 38.2 Å². The third kappa shape index (κ3) is 2.73. The van der Waals surface area contributed by atoms with Gasteiger partial charge >= 0.3 is 0 Å². The Morgan fingerprint density at radius 3 is 2.80 bits per heavy atom. The van der Waals surface area contributed by atoms with E-state index in [2.05, 4.69) is 20.6 Å². The lowest BCUT2D eigenvalue weighted by Gasteiger charge is -2.29. The molecular weight excluding hydrogens is 384 g/mol. The Kier molecular flexibility index (Phi) is 4.05. The number of pyridine rings is 1. The van der Waals surface area contributed by atoms with Crippen molar-refractivity contribution in [2.75, 3.05) is 12.4 Å². The summed E-state index contributed by atoms with van der Waals surface area (Å²) < 4.78 is 1.93. The Morgan fingerprint density at radius 1 is 1.20 bits per heavy atom. The van der Waals surface area contributed by atoms with Crippen molar-refractivity contribution in [1.29, 1.82) is 0 Å². The molecule has 1 unspecified atom stereocenters. The van der Waals surface area contributed by atoms with Gasteiger partial charge in [0.15, 0.2) is 5.82 Å². The molecule has 1 saturated heterocycles. The molecule has 0 saturated carbocycles. The summed E-state index contributed by atoms with van der Waals surface area (Å²) in [6.45, 7) is 0.334. The first-order valence-electron chi connectivity index (χ1n) is 9.74. The fourth-order valence-electron chi connectivity index (χ4n) is 4.18. The predicted molar refractivity (Wildman–Crippen MR) is 110 cm³/mol. The molecule has 9 heteroatoms. The smallest absolute Gasteiger partial charge is 0.255 e. The lowest BCUT2D eigenvalue weighted by molar-refractivity contribution is -0.136. The zero-order valence-corrected chi connectivity index (χ0v) is 16.6. The molecule has 2 N–H and O–H groups in total. The number of carbonyl (C=O) groups excluding carboxylic acids is 3. The van der Waals surface area contributed by atoms with Gasteiger partial charge < -0.3 is 14.8 Å². The van der Waals surface area contributed by atoms with Crippen LogP contribution in [0.15, 0.2) is 30.6 Å². The number of anilines is 1. The lowest BCUT2D eigenvalue weighted by atomic mass is 10.0. The van der Waals surface area contributed by atoms with Crippen LogP contribution in [0.5, 0.6) is 0 Å². The van der Waals surface area contributed by atoms with E-state index in [1.165, 1.54) is 0 Å². The predicted octanol–water partition coefficient (Wildman–Crippen LogP) is 1.44. The average Bonchev–Trinajstić information content (AvgIpc) is 3.27. The SMILES string of the molecule is CNc1nc(-c2ccc3c(c2)CN(C2CCC(=O)NC2=O)C3=O)cc2c1ncn2C. The van der Waals surface area contributed by atoms with Gasteiger partial charge in [-0.3, -0.25) is 19.7 Å². The van der Waals surface area contributed by atoms with Crippen molar-refractivity contribution >= 4 is 34.6 Å². The summed E-state index contributed by atoms with van der Waals surface area (Å²) in [6, 6.07) is 6.95. The van der Waals surface area contributed by atoms with Crippen LogP contribution in [0.2, 0.25) is 0 Å². The summed E-state index contributed by atoms with van der Waals surface area (Å²) in [6.07, 6.45) is 2.33. The monoisotopic (exact) mass is 404 g/mol. The van der Waals surface area contributed by atoms with Crippen LogP contribution in [-0.2, 0) is 23.2 Å². The molecule has 30 heavy (non-hydrogen) atoms. The van der Waals surface area contributed by atoms with Gasteiger partial charge in [0.2, 0.25) is 11.8 Å². The number of aromatic nitrogens is 3. The molecule has 5 rings (SSSR count). The first-order chi connectivity index (χ1) is 14.5. The average molecular weight is 404 g/mol. The zero-order chi connectivity index (χ0) is 21.0. The molecule has 4 heterocycles. The van der Waals surface area contributed by atoms with Gasteiger partial charge in [-0.25, -0.2) is 9.97 Å². The normalized spacial score (nSPS) is 18.7. The van der Waals surface area contributed by atoms with Crippen LogP contribution in [0.3, 0.4) is 0 Å². The van der Waals surface area contributed by atoms with Crippen LogP contribution in [0.4, 0.5) is 5.82 Å². The van der Waals surface area contributed by atoms with Crippen LogP contribution in [0.1, 0.15) is 28.8 Å². The summed E-state index contributed by atoms with van der Waals surface area (Å²) in [5, 5.41) is 5.42. The van der Waals surface area contributed by atoms with E-state index in [1.807, 2.05) is 29.8 Å². The van der Waals surface area contributed by atoms with Gasteiger partial charge in [-0.1, -0.05) is 6.07 Å². The lowest BCUT2D eigenvalue weighted by Crippen LogP contribution is -2.52. The topological polar surface area (TPSA) is 109 Å². The van der Waals surface area contributed by atoms with Crippen LogP contribution in [0, 0.1) is 0 Å². The van der Waals surface area contributed by atoms with Crippen molar-refractivity contribution in [2.45, 2.75) is 25.4 Å². The van der Waals surface area contributed by atoms with Crippen molar-refractivity contribution < 1.29 is 14.4 Å². The van der Waals surface area contributed by atoms with Crippen molar-refractivity contribution in [3.8, 4) is 11.3 Å². The second-order valence-electron chi connectivity index (χ2n) is 7.60. The minimum atomic E-state index is -0.620. The largest absolute Gasteiger partial charge is 0.371 e. The molecule has 9 nitrogen and oxygen atoms in total. The van der Waals surface area contributed by atoms with E-state index in [4.69, 9.17) is 0 Å². The number of carbonyl (C=O) groups is 3. The molecule has 2 aliphatic rings.